The summed E-state index contributed by atoms with van der Waals surface area (Å²) in [6.45, 7) is 4.11. The fourth-order valence-corrected chi connectivity index (χ4v) is 1.91. The molecular formula is C14H14OS. The molecule has 0 spiro atoms. The smallest absolute Gasteiger partial charge is 0.115 e. The molecule has 0 fully saturated rings. The highest BCUT2D eigenvalue weighted by Gasteiger charge is 2.03. The van der Waals surface area contributed by atoms with E-state index in [0.29, 0.717) is 5.75 Å². The number of thiol groups is 1. The molecule has 0 aromatic heterocycles. The highest BCUT2D eigenvalue weighted by molar-refractivity contribution is 7.80. The minimum Gasteiger partial charge on any atom is -0.508 e. The zero-order chi connectivity index (χ0) is 11.7. The molecule has 0 radical (unpaired) electrons. The summed E-state index contributed by atoms with van der Waals surface area (Å²) < 4.78 is 0. The lowest BCUT2D eigenvalue weighted by Gasteiger charge is -2.08. The minimum atomic E-state index is 0.294. The van der Waals surface area contributed by atoms with Crippen LogP contribution in [0.5, 0.6) is 5.75 Å². The molecule has 1 N–H and O–H groups in total. The summed E-state index contributed by atoms with van der Waals surface area (Å²) in [5.41, 5.74) is 4.61. The van der Waals surface area contributed by atoms with Gasteiger partial charge in [-0.2, -0.15) is 0 Å². The average molecular weight is 230 g/mol. The van der Waals surface area contributed by atoms with Gasteiger partial charge in [-0.15, -0.1) is 12.6 Å². The summed E-state index contributed by atoms with van der Waals surface area (Å²) in [4.78, 5) is 1.04. The van der Waals surface area contributed by atoms with Crippen LogP contribution in [-0.4, -0.2) is 5.11 Å². The fourth-order valence-electron chi connectivity index (χ4n) is 1.78. The third-order valence-electron chi connectivity index (χ3n) is 2.69. The second kappa shape index (κ2) is 4.22. The number of aryl methyl sites for hydroxylation is 2. The van der Waals surface area contributed by atoms with Gasteiger partial charge in [0.2, 0.25) is 0 Å². The number of phenols is 1. The summed E-state index contributed by atoms with van der Waals surface area (Å²) in [6.07, 6.45) is 0. The van der Waals surface area contributed by atoms with Crippen LogP contribution in [0, 0.1) is 13.8 Å². The van der Waals surface area contributed by atoms with Gasteiger partial charge in [0.05, 0.1) is 0 Å². The Balaban J connectivity index is 2.52. The molecule has 2 rings (SSSR count). The molecule has 0 saturated heterocycles. The van der Waals surface area contributed by atoms with Gasteiger partial charge in [-0.05, 0) is 48.2 Å². The second-order valence-electron chi connectivity index (χ2n) is 4.01. The first kappa shape index (κ1) is 11.1. The van der Waals surface area contributed by atoms with Gasteiger partial charge in [0, 0.05) is 4.90 Å². The number of benzene rings is 2. The SMILES string of the molecule is Cc1cc(-c2ccc(O)cc2)cc(C)c1S. The molecule has 2 aromatic carbocycles. The van der Waals surface area contributed by atoms with Crippen LogP contribution in [-0.2, 0) is 0 Å². The number of aromatic hydroxyl groups is 1. The van der Waals surface area contributed by atoms with Crippen LogP contribution >= 0.6 is 12.6 Å². The van der Waals surface area contributed by atoms with Crippen LogP contribution in [0.1, 0.15) is 11.1 Å². The third kappa shape index (κ3) is 2.07. The van der Waals surface area contributed by atoms with Crippen LogP contribution in [0.15, 0.2) is 41.3 Å². The Hall–Kier alpha value is -1.41. The molecule has 0 bridgehead atoms. The van der Waals surface area contributed by atoms with Crippen LogP contribution in [0.25, 0.3) is 11.1 Å². The molecule has 2 aromatic rings. The number of hydrogen-bond acceptors (Lipinski definition) is 2. The van der Waals surface area contributed by atoms with Crippen molar-refractivity contribution in [1.29, 1.82) is 0 Å². The molecule has 0 aliphatic rings. The third-order valence-corrected chi connectivity index (χ3v) is 3.40. The Morgan fingerprint density at radius 1 is 0.875 bits per heavy atom. The lowest BCUT2D eigenvalue weighted by molar-refractivity contribution is 0.475. The van der Waals surface area contributed by atoms with Crippen molar-refractivity contribution in [2.75, 3.05) is 0 Å². The number of rotatable bonds is 1. The average Bonchev–Trinajstić information content (AvgIpc) is 2.26. The highest BCUT2D eigenvalue weighted by Crippen LogP contribution is 2.28. The van der Waals surface area contributed by atoms with E-state index < -0.39 is 0 Å². The molecular weight excluding hydrogens is 216 g/mol. The van der Waals surface area contributed by atoms with E-state index in [-0.39, 0.29) is 0 Å². The number of hydrogen-bond donors (Lipinski definition) is 2. The minimum absolute atomic E-state index is 0.294. The zero-order valence-corrected chi connectivity index (χ0v) is 10.3. The van der Waals surface area contributed by atoms with Crippen LogP contribution in [0.2, 0.25) is 0 Å². The van der Waals surface area contributed by atoms with Crippen molar-refractivity contribution < 1.29 is 5.11 Å². The summed E-state index contributed by atoms with van der Waals surface area (Å²) in [5.74, 6) is 0.294. The van der Waals surface area contributed by atoms with Gasteiger partial charge < -0.3 is 5.11 Å². The van der Waals surface area contributed by atoms with Gasteiger partial charge in [-0.3, -0.25) is 0 Å². The van der Waals surface area contributed by atoms with Gasteiger partial charge in [-0.1, -0.05) is 24.3 Å². The molecule has 82 valence electrons. The molecule has 1 nitrogen and oxygen atoms in total. The van der Waals surface area contributed by atoms with Crippen LogP contribution in [0.4, 0.5) is 0 Å². The highest BCUT2D eigenvalue weighted by atomic mass is 32.1. The van der Waals surface area contributed by atoms with Gasteiger partial charge in [0.1, 0.15) is 5.75 Å². The molecule has 0 amide bonds. The van der Waals surface area contributed by atoms with Crippen molar-refractivity contribution in [3.63, 3.8) is 0 Å². The molecule has 0 saturated carbocycles. The molecule has 16 heavy (non-hydrogen) atoms. The van der Waals surface area contributed by atoms with Gasteiger partial charge >= 0.3 is 0 Å². The van der Waals surface area contributed by atoms with Crippen LogP contribution in [0.3, 0.4) is 0 Å². The van der Waals surface area contributed by atoms with Crippen molar-refractivity contribution in [1.82, 2.24) is 0 Å². The molecule has 2 heteroatoms. The summed E-state index contributed by atoms with van der Waals surface area (Å²) >= 11 is 4.45. The summed E-state index contributed by atoms with van der Waals surface area (Å²) in [5, 5.41) is 9.24. The zero-order valence-electron chi connectivity index (χ0n) is 9.36. The van der Waals surface area contributed by atoms with E-state index in [1.807, 2.05) is 12.1 Å². The largest absolute Gasteiger partial charge is 0.508 e. The molecule has 0 atom stereocenters. The standard InChI is InChI=1S/C14H14OS/c1-9-7-12(8-10(2)14(9)16)11-3-5-13(15)6-4-11/h3-8,15-16H,1-2H3. The predicted octanol–water partition coefficient (Wildman–Crippen LogP) is 3.96. The lowest BCUT2D eigenvalue weighted by Crippen LogP contribution is -1.85. The Labute approximate surface area is 101 Å². The molecule has 0 aliphatic carbocycles. The first-order valence-electron chi connectivity index (χ1n) is 5.17. The predicted molar refractivity (Wildman–Crippen MR) is 70.3 cm³/mol. The van der Waals surface area contributed by atoms with Crippen molar-refractivity contribution in [2.24, 2.45) is 0 Å². The second-order valence-corrected chi connectivity index (χ2v) is 4.45. The van der Waals surface area contributed by atoms with E-state index in [2.05, 4.69) is 38.6 Å². The monoisotopic (exact) mass is 230 g/mol. The quantitative estimate of drug-likeness (QED) is 0.710. The Kier molecular flexibility index (Phi) is 2.92. The Morgan fingerprint density at radius 2 is 1.38 bits per heavy atom. The maximum atomic E-state index is 9.24. The first-order chi connectivity index (χ1) is 7.58. The fraction of sp³-hybridized carbons (Fsp3) is 0.143. The number of phenolic OH excluding ortho intramolecular Hbond substituents is 1. The summed E-state index contributed by atoms with van der Waals surface area (Å²) in [7, 11) is 0. The van der Waals surface area contributed by atoms with Crippen molar-refractivity contribution in [3.05, 3.63) is 47.5 Å². The van der Waals surface area contributed by atoms with Gasteiger partial charge in [-0.25, -0.2) is 0 Å². The van der Waals surface area contributed by atoms with Crippen molar-refractivity contribution >= 4 is 12.6 Å². The van der Waals surface area contributed by atoms with Gasteiger partial charge in [0.25, 0.3) is 0 Å². The van der Waals surface area contributed by atoms with E-state index >= 15 is 0 Å². The van der Waals surface area contributed by atoms with E-state index in [1.54, 1.807) is 12.1 Å². The lowest BCUT2D eigenvalue weighted by atomic mass is 10.0. The van der Waals surface area contributed by atoms with E-state index in [0.717, 1.165) is 16.0 Å². The van der Waals surface area contributed by atoms with Crippen molar-refractivity contribution in [2.45, 2.75) is 18.7 Å². The van der Waals surface area contributed by atoms with E-state index in [1.165, 1.54) is 11.1 Å². The van der Waals surface area contributed by atoms with Crippen molar-refractivity contribution in [3.8, 4) is 16.9 Å². The normalized spacial score (nSPS) is 10.4. The Morgan fingerprint density at radius 3 is 1.88 bits per heavy atom. The van der Waals surface area contributed by atoms with Crippen LogP contribution < -0.4 is 0 Å². The Bertz CT molecular complexity index is 492. The maximum absolute atomic E-state index is 9.24. The molecule has 0 unspecified atom stereocenters. The molecule has 0 aliphatic heterocycles. The first-order valence-corrected chi connectivity index (χ1v) is 5.62. The topological polar surface area (TPSA) is 20.2 Å². The van der Waals surface area contributed by atoms with E-state index in [4.69, 9.17) is 0 Å². The maximum Gasteiger partial charge on any atom is 0.115 e. The van der Waals surface area contributed by atoms with Gasteiger partial charge in [0.15, 0.2) is 0 Å². The molecule has 0 heterocycles. The van der Waals surface area contributed by atoms with E-state index in [9.17, 15) is 5.11 Å². The summed E-state index contributed by atoms with van der Waals surface area (Å²) in [6, 6.07) is 11.5.